The molecule has 0 aliphatic rings. The average molecular weight is 305 g/mol. The number of nitrogens with zero attached hydrogens (tertiary/aromatic N) is 2. The fourth-order valence-corrected chi connectivity index (χ4v) is 3.05. The molecule has 1 heterocycles. The summed E-state index contributed by atoms with van der Waals surface area (Å²) in [6.07, 6.45) is 2.10. The van der Waals surface area contributed by atoms with Gasteiger partial charge in [-0.15, -0.1) is 11.8 Å². The third kappa shape index (κ3) is 4.41. The van der Waals surface area contributed by atoms with Crippen molar-refractivity contribution in [3.05, 3.63) is 30.6 Å². The molecule has 1 aromatic carbocycles. The van der Waals surface area contributed by atoms with Crippen molar-refractivity contribution >= 4 is 28.6 Å². The van der Waals surface area contributed by atoms with E-state index in [1.165, 1.54) is 0 Å². The molecular weight excluding hydrogens is 286 g/mol. The lowest BCUT2D eigenvalue weighted by atomic mass is 10.2. The molecule has 0 aliphatic heterocycles. The van der Waals surface area contributed by atoms with Crippen molar-refractivity contribution < 1.29 is 9.90 Å². The standard InChI is InChI=1S/C15H19N3O2S/c1-10(2)18-13(15(19)20)7-8-21-14-11-5-3-4-6-12(11)16-9-17-14/h3-6,9-10,13,18H,7-8H2,1-2H3,(H,19,20). The van der Waals surface area contributed by atoms with Crippen molar-refractivity contribution in [3.63, 3.8) is 0 Å². The monoisotopic (exact) mass is 305 g/mol. The summed E-state index contributed by atoms with van der Waals surface area (Å²) in [6, 6.07) is 7.45. The van der Waals surface area contributed by atoms with E-state index in [0.29, 0.717) is 12.2 Å². The Morgan fingerprint density at radius 2 is 2.10 bits per heavy atom. The molecule has 2 N–H and O–H groups in total. The Kier molecular flexibility index (Phi) is 5.52. The van der Waals surface area contributed by atoms with Crippen LogP contribution in [0.5, 0.6) is 0 Å². The first-order chi connectivity index (χ1) is 10.1. The van der Waals surface area contributed by atoms with Crippen LogP contribution in [-0.4, -0.2) is 38.9 Å². The van der Waals surface area contributed by atoms with Crippen LogP contribution >= 0.6 is 11.8 Å². The lowest BCUT2D eigenvalue weighted by Gasteiger charge is -2.16. The molecule has 0 amide bonds. The Balaban J connectivity index is 2.00. The van der Waals surface area contributed by atoms with Crippen LogP contribution in [0, 0.1) is 0 Å². The van der Waals surface area contributed by atoms with Gasteiger partial charge in [0.05, 0.1) is 5.52 Å². The molecule has 0 aliphatic carbocycles. The minimum absolute atomic E-state index is 0.149. The highest BCUT2D eigenvalue weighted by Crippen LogP contribution is 2.24. The van der Waals surface area contributed by atoms with Gasteiger partial charge >= 0.3 is 5.97 Å². The Morgan fingerprint density at radius 3 is 2.81 bits per heavy atom. The number of carboxylic acid groups (broad SMARTS) is 1. The van der Waals surface area contributed by atoms with Crippen molar-refractivity contribution in [2.45, 2.75) is 37.4 Å². The number of benzene rings is 1. The fourth-order valence-electron chi connectivity index (χ4n) is 2.05. The van der Waals surface area contributed by atoms with Crippen LogP contribution in [0.3, 0.4) is 0 Å². The van der Waals surface area contributed by atoms with Crippen molar-refractivity contribution in [2.75, 3.05) is 5.75 Å². The van der Waals surface area contributed by atoms with Crippen molar-refractivity contribution in [1.29, 1.82) is 0 Å². The highest BCUT2D eigenvalue weighted by atomic mass is 32.2. The Morgan fingerprint density at radius 1 is 1.33 bits per heavy atom. The SMILES string of the molecule is CC(C)NC(CCSc1ncnc2ccccc12)C(=O)O. The highest BCUT2D eigenvalue weighted by molar-refractivity contribution is 7.99. The van der Waals surface area contributed by atoms with Gasteiger partial charge < -0.3 is 10.4 Å². The molecule has 112 valence electrons. The number of aliphatic carboxylic acids is 1. The number of hydrogen-bond acceptors (Lipinski definition) is 5. The van der Waals surface area contributed by atoms with Crippen LogP contribution in [0.15, 0.2) is 35.6 Å². The van der Waals surface area contributed by atoms with Gasteiger partial charge in [0, 0.05) is 17.2 Å². The van der Waals surface area contributed by atoms with E-state index in [-0.39, 0.29) is 6.04 Å². The molecule has 5 nitrogen and oxygen atoms in total. The molecule has 6 heteroatoms. The minimum atomic E-state index is -0.808. The molecule has 0 fully saturated rings. The van der Waals surface area contributed by atoms with Gasteiger partial charge in [-0.1, -0.05) is 32.0 Å². The van der Waals surface area contributed by atoms with Gasteiger partial charge in [-0.25, -0.2) is 9.97 Å². The van der Waals surface area contributed by atoms with E-state index in [1.807, 2.05) is 38.1 Å². The predicted octanol–water partition coefficient (Wildman–Crippen LogP) is 2.56. The first-order valence-electron chi connectivity index (χ1n) is 6.89. The summed E-state index contributed by atoms with van der Waals surface area (Å²) < 4.78 is 0. The molecule has 0 spiro atoms. The highest BCUT2D eigenvalue weighted by Gasteiger charge is 2.17. The Labute approximate surface area is 128 Å². The van der Waals surface area contributed by atoms with Crippen molar-refractivity contribution in [3.8, 4) is 0 Å². The summed E-state index contributed by atoms with van der Waals surface area (Å²) in [5.74, 6) is -0.116. The summed E-state index contributed by atoms with van der Waals surface area (Å²) in [6.45, 7) is 3.89. The van der Waals surface area contributed by atoms with E-state index in [2.05, 4.69) is 15.3 Å². The molecule has 1 aromatic heterocycles. The van der Waals surface area contributed by atoms with Gasteiger partial charge in [0.25, 0.3) is 0 Å². The molecule has 0 saturated heterocycles. The van der Waals surface area contributed by atoms with Crippen LogP contribution in [0.4, 0.5) is 0 Å². The molecule has 2 rings (SSSR count). The molecule has 0 saturated carbocycles. The van der Waals surface area contributed by atoms with E-state index >= 15 is 0 Å². The number of fused-ring (bicyclic) bond motifs is 1. The summed E-state index contributed by atoms with van der Waals surface area (Å²) in [4.78, 5) is 19.7. The lowest BCUT2D eigenvalue weighted by molar-refractivity contribution is -0.139. The maximum Gasteiger partial charge on any atom is 0.320 e. The first kappa shape index (κ1) is 15.7. The van der Waals surface area contributed by atoms with E-state index in [4.69, 9.17) is 0 Å². The number of rotatable bonds is 7. The van der Waals surface area contributed by atoms with Crippen molar-refractivity contribution in [1.82, 2.24) is 15.3 Å². The van der Waals surface area contributed by atoms with Crippen LogP contribution in [0.25, 0.3) is 10.9 Å². The zero-order valence-electron chi connectivity index (χ0n) is 12.1. The average Bonchev–Trinajstić information content (AvgIpc) is 2.46. The molecule has 2 aromatic rings. The summed E-state index contributed by atoms with van der Waals surface area (Å²) in [5.41, 5.74) is 0.907. The molecule has 21 heavy (non-hydrogen) atoms. The third-order valence-electron chi connectivity index (χ3n) is 2.98. The maximum absolute atomic E-state index is 11.2. The predicted molar refractivity (Wildman–Crippen MR) is 84.6 cm³/mol. The van der Waals surface area contributed by atoms with E-state index < -0.39 is 12.0 Å². The van der Waals surface area contributed by atoms with E-state index in [0.717, 1.165) is 15.9 Å². The Bertz CT molecular complexity index is 613. The van der Waals surface area contributed by atoms with Crippen LogP contribution in [-0.2, 0) is 4.79 Å². The van der Waals surface area contributed by atoms with Gasteiger partial charge in [0.1, 0.15) is 17.4 Å². The Hall–Kier alpha value is -1.66. The van der Waals surface area contributed by atoms with Gasteiger partial charge in [0.2, 0.25) is 0 Å². The zero-order chi connectivity index (χ0) is 15.2. The maximum atomic E-state index is 11.2. The quantitative estimate of drug-likeness (QED) is 0.605. The molecule has 1 atom stereocenters. The molecular formula is C15H19N3O2S. The first-order valence-corrected chi connectivity index (χ1v) is 7.88. The van der Waals surface area contributed by atoms with Gasteiger partial charge in [0.15, 0.2) is 0 Å². The van der Waals surface area contributed by atoms with Crippen LogP contribution in [0.2, 0.25) is 0 Å². The molecule has 1 unspecified atom stereocenters. The number of thioether (sulfide) groups is 1. The van der Waals surface area contributed by atoms with Gasteiger partial charge in [-0.2, -0.15) is 0 Å². The summed E-state index contributed by atoms with van der Waals surface area (Å²) in [7, 11) is 0. The zero-order valence-corrected chi connectivity index (χ0v) is 12.9. The summed E-state index contributed by atoms with van der Waals surface area (Å²) in [5, 5.41) is 14.2. The molecule has 0 radical (unpaired) electrons. The van der Waals surface area contributed by atoms with Crippen LogP contribution in [0.1, 0.15) is 20.3 Å². The van der Waals surface area contributed by atoms with Gasteiger partial charge in [-0.05, 0) is 12.5 Å². The normalized spacial score (nSPS) is 12.7. The van der Waals surface area contributed by atoms with Crippen molar-refractivity contribution in [2.24, 2.45) is 0 Å². The summed E-state index contributed by atoms with van der Waals surface area (Å²) >= 11 is 1.57. The second-order valence-electron chi connectivity index (χ2n) is 5.05. The fraction of sp³-hybridized carbons (Fsp3) is 0.400. The second-order valence-corrected chi connectivity index (χ2v) is 6.13. The number of aromatic nitrogens is 2. The van der Waals surface area contributed by atoms with E-state index in [9.17, 15) is 9.90 Å². The lowest BCUT2D eigenvalue weighted by Crippen LogP contribution is -2.41. The number of carbonyl (C=O) groups is 1. The molecule has 0 bridgehead atoms. The van der Waals surface area contributed by atoms with Gasteiger partial charge in [-0.3, -0.25) is 4.79 Å². The smallest absolute Gasteiger partial charge is 0.320 e. The second kappa shape index (κ2) is 7.38. The number of hydrogen-bond donors (Lipinski definition) is 2. The number of carboxylic acids is 1. The third-order valence-corrected chi connectivity index (χ3v) is 4.02. The number of para-hydroxylation sites is 1. The largest absolute Gasteiger partial charge is 0.480 e. The van der Waals surface area contributed by atoms with Crippen LogP contribution < -0.4 is 5.32 Å². The number of nitrogens with one attached hydrogen (secondary N) is 1. The van der Waals surface area contributed by atoms with E-state index in [1.54, 1.807) is 18.1 Å². The minimum Gasteiger partial charge on any atom is -0.480 e. The topological polar surface area (TPSA) is 75.1 Å².